The zero-order valence-electron chi connectivity index (χ0n) is 13.2. The third-order valence-electron chi connectivity index (χ3n) is 4.55. The van der Waals surface area contributed by atoms with Crippen LogP contribution < -0.4 is 0 Å². The van der Waals surface area contributed by atoms with Crippen LogP contribution in [-0.2, 0) is 12.8 Å². The van der Waals surface area contributed by atoms with E-state index in [2.05, 4.69) is 74.5 Å². The lowest BCUT2D eigenvalue weighted by atomic mass is 9.97. The quantitative estimate of drug-likeness (QED) is 0.458. The Balaban J connectivity index is 1.67. The summed E-state index contributed by atoms with van der Waals surface area (Å²) in [6, 6.07) is 22.6. The Kier molecular flexibility index (Phi) is 3.11. The van der Waals surface area contributed by atoms with Gasteiger partial charge in [0, 0.05) is 0 Å². The average Bonchev–Trinajstić information content (AvgIpc) is 2.83. The third-order valence-corrected chi connectivity index (χ3v) is 4.55. The van der Waals surface area contributed by atoms with Crippen molar-refractivity contribution in [3.63, 3.8) is 0 Å². The van der Waals surface area contributed by atoms with Gasteiger partial charge in [-0.1, -0.05) is 71.8 Å². The molecule has 1 aliphatic rings. The van der Waals surface area contributed by atoms with Crippen molar-refractivity contribution < 1.29 is 0 Å². The van der Waals surface area contributed by atoms with Crippen molar-refractivity contribution in [2.45, 2.75) is 26.7 Å². The van der Waals surface area contributed by atoms with Crippen LogP contribution in [-0.4, -0.2) is 0 Å². The first kappa shape index (κ1) is 13.3. The van der Waals surface area contributed by atoms with Gasteiger partial charge in [-0.25, -0.2) is 0 Å². The fourth-order valence-electron chi connectivity index (χ4n) is 3.72. The van der Waals surface area contributed by atoms with Gasteiger partial charge in [0.2, 0.25) is 0 Å². The van der Waals surface area contributed by atoms with Crippen LogP contribution in [0.1, 0.15) is 33.4 Å². The van der Waals surface area contributed by atoms with E-state index >= 15 is 0 Å². The maximum Gasteiger partial charge on any atom is -0.00134 e. The van der Waals surface area contributed by atoms with Gasteiger partial charge in [-0.3, -0.25) is 0 Å². The zero-order valence-corrected chi connectivity index (χ0v) is 13.2. The molecule has 0 saturated heterocycles. The van der Waals surface area contributed by atoms with E-state index in [4.69, 9.17) is 0 Å². The molecule has 4 rings (SSSR count). The molecule has 0 heteroatoms. The summed E-state index contributed by atoms with van der Waals surface area (Å²) in [5.41, 5.74) is 11.3. The summed E-state index contributed by atoms with van der Waals surface area (Å²) in [7, 11) is 0. The SMILES string of the molecule is Cc1cc(C)cc(Cc2ccc3c(c2)Cc2ccccc2-3)c1. The molecule has 0 bridgehead atoms. The number of aryl methyl sites for hydroxylation is 2. The topological polar surface area (TPSA) is 0 Å². The second-order valence-electron chi connectivity index (χ2n) is 6.50. The molecule has 3 aromatic rings. The largest absolute Gasteiger partial charge is 0.0619 e. The van der Waals surface area contributed by atoms with Crippen LogP contribution in [0.25, 0.3) is 11.1 Å². The van der Waals surface area contributed by atoms with Gasteiger partial charge < -0.3 is 0 Å². The highest BCUT2D eigenvalue weighted by molar-refractivity contribution is 5.77. The highest BCUT2D eigenvalue weighted by Crippen LogP contribution is 2.36. The van der Waals surface area contributed by atoms with E-state index in [-0.39, 0.29) is 0 Å². The van der Waals surface area contributed by atoms with Gasteiger partial charge in [-0.05, 0) is 60.1 Å². The van der Waals surface area contributed by atoms with Crippen molar-refractivity contribution in [2.24, 2.45) is 0 Å². The molecule has 0 atom stereocenters. The van der Waals surface area contributed by atoms with E-state index < -0.39 is 0 Å². The van der Waals surface area contributed by atoms with Crippen LogP contribution in [0, 0.1) is 13.8 Å². The monoisotopic (exact) mass is 284 g/mol. The van der Waals surface area contributed by atoms with E-state index in [1.807, 2.05) is 0 Å². The summed E-state index contributed by atoms with van der Waals surface area (Å²) in [5, 5.41) is 0. The lowest BCUT2D eigenvalue weighted by molar-refractivity contribution is 1.15. The predicted molar refractivity (Wildman–Crippen MR) is 93.4 cm³/mol. The number of hydrogen-bond acceptors (Lipinski definition) is 0. The first-order chi connectivity index (χ1) is 10.7. The van der Waals surface area contributed by atoms with Gasteiger partial charge >= 0.3 is 0 Å². The van der Waals surface area contributed by atoms with Gasteiger partial charge in [0.05, 0.1) is 0 Å². The van der Waals surface area contributed by atoms with Crippen LogP contribution in [0.5, 0.6) is 0 Å². The summed E-state index contributed by atoms with van der Waals surface area (Å²) < 4.78 is 0. The molecule has 0 N–H and O–H groups in total. The zero-order chi connectivity index (χ0) is 15.1. The van der Waals surface area contributed by atoms with Gasteiger partial charge in [0.1, 0.15) is 0 Å². The molecule has 0 heterocycles. The van der Waals surface area contributed by atoms with Crippen molar-refractivity contribution in [1.82, 2.24) is 0 Å². The molecule has 0 aromatic heterocycles. The number of benzene rings is 3. The molecule has 0 saturated carbocycles. The second-order valence-corrected chi connectivity index (χ2v) is 6.50. The fourth-order valence-corrected chi connectivity index (χ4v) is 3.72. The first-order valence-electron chi connectivity index (χ1n) is 7.96. The maximum absolute atomic E-state index is 2.40. The van der Waals surface area contributed by atoms with Crippen molar-refractivity contribution in [3.8, 4) is 11.1 Å². The summed E-state index contributed by atoms with van der Waals surface area (Å²) in [4.78, 5) is 0. The Bertz CT molecular complexity index is 835. The predicted octanol–water partition coefficient (Wildman–Crippen LogP) is 5.47. The number of fused-ring (bicyclic) bond motifs is 3. The Labute approximate surface area is 132 Å². The average molecular weight is 284 g/mol. The summed E-state index contributed by atoms with van der Waals surface area (Å²) >= 11 is 0. The Morgan fingerprint density at radius 3 is 2.23 bits per heavy atom. The maximum atomic E-state index is 2.40. The molecule has 0 fully saturated rings. The van der Waals surface area contributed by atoms with Crippen LogP contribution in [0.2, 0.25) is 0 Å². The van der Waals surface area contributed by atoms with Crippen molar-refractivity contribution >= 4 is 0 Å². The van der Waals surface area contributed by atoms with Crippen LogP contribution in [0.4, 0.5) is 0 Å². The lowest BCUT2D eigenvalue weighted by Gasteiger charge is -2.08. The van der Waals surface area contributed by atoms with E-state index in [0.29, 0.717) is 0 Å². The van der Waals surface area contributed by atoms with Gasteiger partial charge in [-0.2, -0.15) is 0 Å². The summed E-state index contributed by atoms with van der Waals surface area (Å²) in [6.45, 7) is 4.35. The molecule has 1 aliphatic carbocycles. The van der Waals surface area contributed by atoms with Gasteiger partial charge in [-0.15, -0.1) is 0 Å². The van der Waals surface area contributed by atoms with E-state index in [1.54, 1.807) is 0 Å². The minimum atomic E-state index is 1.02. The number of rotatable bonds is 2. The second kappa shape index (κ2) is 5.14. The van der Waals surface area contributed by atoms with Crippen LogP contribution >= 0.6 is 0 Å². The molecule has 0 nitrogen and oxygen atoms in total. The molecular formula is C22H20. The van der Waals surface area contributed by atoms with Crippen molar-refractivity contribution in [1.29, 1.82) is 0 Å². The van der Waals surface area contributed by atoms with Crippen molar-refractivity contribution in [2.75, 3.05) is 0 Å². The third kappa shape index (κ3) is 2.35. The van der Waals surface area contributed by atoms with E-state index in [1.165, 1.54) is 44.5 Å². The molecule has 0 amide bonds. The summed E-state index contributed by atoms with van der Waals surface area (Å²) in [6.07, 6.45) is 2.10. The van der Waals surface area contributed by atoms with Gasteiger partial charge in [0.15, 0.2) is 0 Å². The standard InChI is InChI=1S/C22H20/c1-15-9-16(2)11-18(10-15)12-17-7-8-22-20(13-17)14-19-5-3-4-6-21(19)22/h3-11,13H,12,14H2,1-2H3. The number of hydrogen-bond donors (Lipinski definition) is 0. The lowest BCUT2D eigenvalue weighted by Crippen LogP contribution is -1.92. The molecule has 0 aliphatic heterocycles. The normalized spacial score (nSPS) is 12.1. The molecule has 22 heavy (non-hydrogen) atoms. The van der Waals surface area contributed by atoms with Crippen molar-refractivity contribution in [3.05, 3.63) is 94.0 Å². The first-order valence-corrected chi connectivity index (χ1v) is 7.96. The summed E-state index contributed by atoms with van der Waals surface area (Å²) in [5.74, 6) is 0. The Hall–Kier alpha value is -2.34. The minimum Gasteiger partial charge on any atom is -0.0619 e. The fraction of sp³-hybridized carbons (Fsp3) is 0.182. The Morgan fingerprint density at radius 2 is 1.41 bits per heavy atom. The smallest absolute Gasteiger partial charge is 0.00134 e. The molecule has 0 spiro atoms. The molecular weight excluding hydrogens is 264 g/mol. The molecule has 108 valence electrons. The Morgan fingerprint density at radius 1 is 0.682 bits per heavy atom. The van der Waals surface area contributed by atoms with E-state index in [0.717, 1.165) is 12.8 Å². The minimum absolute atomic E-state index is 1.02. The highest BCUT2D eigenvalue weighted by Gasteiger charge is 2.17. The molecule has 0 unspecified atom stereocenters. The van der Waals surface area contributed by atoms with Crippen LogP contribution in [0.15, 0.2) is 60.7 Å². The van der Waals surface area contributed by atoms with Crippen LogP contribution in [0.3, 0.4) is 0 Å². The highest BCUT2D eigenvalue weighted by atomic mass is 14.2. The van der Waals surface area contributed by atoms with Gasteiger partial charge in [0.25, 0.3) is 0 Å². The molecule has 3 aromatic carbocycles. The van der Waals surface area contributed by atoms with E-state index in [9.17, 15) is 0 Å². The molecule has 0 radical (unpaired) electrons.